The van der Waals surface area contributed by atoms with E-state index < -0.39 is 0 Å². The van der Waals surface area contributed by atoms with Crippen LogP contribution in [-0.2, 0) is 19.6 Å². The molecule has 0 atom stereocenters. The molecule has 2 aromatic heterocycles. The van der Waals surface area contributed by atoms with Crippen LogP contribution in [-0.4, -0.2) is 9.13 Å². The molecule has 0 radical (unpaired) electrons. The van der Waals surface area contributed by atoms with Crippen molar-refractivity contribution >= 4 is 45.8 Å². The Morgan fingerprint density at radius 2 is 1.56 bits per heavy atom. The Balaban J connectivity index is 1.63. The van der Waals surface area contributed by atoms with E-state index in [9.17, 15) is 0 Å². The molecule has 0 saturated carbocycles. The Morgan fingerprint density at radius 1 is 0.844 bits per heavy atom. The lowest BCUT2D eigenvalue weighted by Gasteiger charge is -2.02. The van der Waals surface area contributed by atoms with E-state index in [2.05, 4.69) is 102 Å². The lowest BCUT2D eigenvalue weighted by atomic mass is 10.1. The second-order valence-electron chi connectivity index (χ2n) is 7.92. The molecule has 0 aliphatic rings. The van der Waals surface area contributed by atoms with Crippen LogP contribution in [0.5, 0.6) is 0 Å². The van der Waals surface area contributed by atoms with Crippen molar-refractivity contribution in [2.24, 2.45) is 4.99 Å². The van der Waals surface area contributed by atoms with Gasteiger partial charge >= 0.3 is 0 Å². The highest BCUT2D eigenvalue weighted by atomic mass is 32.1. The van der Waals surface area contributed by atoms with Crippen molar-refractivity contribution in [2.75, 3.05) is 0 Å². The molecule has 5 rings (SSSR count). The maximum Gasteiger partial charge on any atom is 0.186 e. The quantitative estimate of drug-likeness (QED) is 0.368. The van der Waals surface area contributed by atoms with Gasteiger partial charge in [-0.1, -0.05) is 72.5 Å². The number of hydrogen-bond acceptors (Lipinski definition) is 2. The first-order valence-electron chi connectivity index (χ1n) is 11.1. The Kier molecular flexibility index (Phi) is 5.54. The summed E-state index contributed by atoms with van der Waals surface area (Å²) in [5.41, 5.74) is 4.99. The van der Waals surface area contributed by atoms with Gasteiger partial charge in [-0.2, -0.15) is 0 Å². The zero-order valence-electron chi connectivity index (χ0n) is 18.6. The Bertz CT molecular complexity index is 1580. The predicted octanol–water partition coefficient (Wildman–Crippen LogP) is 5.04. The molecule has 0 N–H and O–H groups in total. The molecule has 0 saturated heterocycles. The summed E-state index contributed by atoms with van der Waals surface area (Å²) in [4.78, 5) is 5.92. The maximum absolute atomic E-state index is 4.89. The normalized spacial score (nSPS) is 12.9. The third kappa shape index (κ3) is 3.61. The van der Waals surface area contributed by atoms with Crippen LogP contribution >= 0.6 is 11.3 Å². The fourth-order valence-electron chi connectivity index (χ4n) is 4.41. The van der Waals surface area contributed by atoms with Crippen molar-refractivity contribution in [3.05, 3.63) is 98.6 Å². The Morgan fingerprint density at radius 3 is 2.34 bits per heavy atom. The van der Waals surface area contributed by atoms with E-state index in [-0.39, 0.29) is 0 Å². The van der Waals surface area contributed by atoms with Crippen molar-refractivity contribution in [1.82, 2.24) is 9.13 Å². The number of para-hydroxylation sites is 1. The minimum absolute atomic E-state index is 0.683. The number of aryl methyl sites for hydroxylation is 1. The van der Waals surface area contributed by atoms with Crippen molar-refractivity contribution in [3.63, 3.8) is 0 Å². The summed E-state index contributed by atoms with van der Waals surface area (Å²) < 4.78 is 5.76. The van der Waals surface area contributed by atoms with Crippen LogP contribution in [0, 0.1) is 0 Å². The SMILES string of the molecule is C=c1/c(=C\c2ccc3c(c2)c2ccccc2n3CC)sc(=NCc2ccccc2)n1CC. The van der Waals surface area contributed by atoms with E-state index in [4.69, 9.17) is 4.99 Å². The van der Waals surface area contributed by atoms with Gasteiger partial charge in [0.15, 0.2) is 4.80 Å². The topological polar surface area (TPSA) is 22.2 Å². The third-order valence-corrected chi connectivity index (χ3v) is 7.11. The van der Waals surface area contributed by atoms with Crippen LogP contribution in [0.25, 0.3) is 34.5 Å². The van der Waals surface area contributed by atoms with Crippen LogP contribution in [0.1, 0.15) is 25.0 Å². The summed E-state index contributed by atoms with van der Waals surface area (Å²) in [6.07, 6.45) is 2.25. The molecule has 5 aromatic rings. The fourth-order valence-corrected chi connectivity index (χ4v) is 5.51. The molecular weight excluding hydrogens is 410 g/mol. The summed E-state index contributed by atoms with van der Waals surface area (Å²) in [5.74, 6) is 0. The Hall–Kier alpha value is -3.37. The molecule has 3 nitrogen and oxygen atoms in total. The third-order valence-electron chi connectivity index (χ3n) is 6.01. The summed E-state index contributed by atoms with van der Waals surface area (Å²) in [6, 6.07) is 25.8. The molecule has 160 valence electrons. The monoisotopic (exact) mass is 437 g/mol. The number of hydrogen-bond donors (Lipinski definition) is 0. The van der Waals surface area contributed by atoms with Crippen molar-refractivity contribution in [2.45, 2.75) is 33.5 Å². The first-order valence-corrected chi connectivity index (χ1v) is 12.0. The van der Waals surface area contributed by atoms with Gasteiger partial charge in [0, 0.05) is 34.9 Å². The van der Waals surface area contributed by atoms with Gasteiger partial charge in [0.2, 0.25) is 0 Å². The van der Waals surface area contributed by atoms with E-state index in [1.165, 1.54) is 32.9 Å². The highest BCUT2D eigenvalue weighted by Crippen LogP contribution is 2.29. The first kappa shape index (κ1) is 20.5. The highest BCUT2D eigenvalue weighted by molar-refractivity contribution is 7.07. The van der Waals surface area contributed by atoms with E-state index >= 15 is 0 Å². The van der Waals surface area contributed by atoms with E-state index in [1.54, 1.807) is 11.3 Å². The molecule has 0 fully saturated rings. The highest BCUT2D eigenvalue weighted by Gasteiger charge is 2.09. The van der Waals surface area contributed by atoms with Crippen LogP contribution < -0.4 is 14.7 Å². The summed E-state index contributed by atoms with van der Waals surface area (Å²) in [7, 11) is 0. The van der Waals surface area contributed by atoms with Crippen LogP contribution in [0.2, 0.25) is 0 Å². The lowest BCUT2D eigenvalue weighted by molar-refractivity contribution is 0.702. The molecule has 32 heavy (non-hydrogen) atoms. The lowest BCUT2D eigenvalue weighted by Crippen LogP contribution is -2.30. The molecule has 2 heterocycles. The molecule has 3 aromatic carbocycles. The van der Waals surface area contributed by atoms with Gasteiger partial charge < -0.3 is 9.13 Å². The molecule has 4 heteroatoms. The maximum atomic E-state index is 4.89. The van der Waals surface area contributed by atoms with Crippen molar-refractivity contribution in [3.8, 4) is 0 Å². The zero-order chi connectivity index (χ0) is 22.1. The smallest absolute Gasteiger partial charge is 0.186 e. The van der Waals surface area contributed by atoms with Gasteiger partial charge in [-0.25, -0.2) is 0 Å². The fraction of sp³-hybridized carbons (Fsp3) is 0.179. The summed E-state index contributed by atoms with van der Waals surface area (Å²) >= 11 is 1.72. The molecule has 0 bridgehead atoms. The predicted molar refractivity (Wildman–Crippen MR) is 137 cm³/mol. The van der Waals surface area contributed by atoms with Gasteiger partial charge in [0.25, 0.3) is 0 Å². The number of aromatic nitrogens is 2. The van der Waals surface area contributed by atoms with E-state index in [0.717, 1.165) is 27.8 Å². The number of rotatable bonds is 5. The number of nitrogens with zero attached hydrogens (tertiary/aromatic N) is 3. The summed E-state index contributed by atoms with van der Waals surface area (Å²) in [6.45, 7) is 11.2. The van der Waals surface area contributed by atoms with Gasteiger partial charge in [-0.05, 0) is 49.2 Å². The molecule has 0 amide bonds. The molecule has 0 unspecified atom stereocenters. The van der Waals surface area contributed by atoms with E-state index in [1.807, 2.05) is 6.07 Å². The Labute approximate surface area is 191 Å². The summed E-state index contributed by atoms with van der Waals surface area (Å²) in [5, 5.41) is 3.64. The van der Waals surface area contributed by atoms with Crippen molar-refractivity contribution < 1.29 is 0 Å². The largest absolute Gasteiger partial charge is 0.341 e. The van der Waals surface area contributed by atoms with Gasteiger partial charge in [0.05, 0.1) is 16.4 Å². The second-order valence-corrected chi connectivity index (χ2v) is 8.93. The minimum Gasteiger partial charge on any atom is -0.341 e. The molecule has 0 spiro atoms. The number of fused-ring (bicyclic) bond motifs is 3. The zero-order valence-corrected chi connectivity index (χ0v) is 19.4. The average Bonchev–Trinajstić information content (AvgIpc) is 3.31. The standard InChI is InChI=1S/C28H27N3S/c1-4-30-20(3)27(32-28(30)29-19-21-11-7-6-8-12-21)18-22-15-16-26-24(17-22)23-13-9-10-14-25(23)31(26)5-2/h6-18H,3-5,19H2,1-2H3/b27-18+,29-28?. The molecular formula is C28H27N3S. The van der Waals surface area contributed by atoms with Crippen LogP contribution in [0.4, 0.5) is 0 Å². The van der Waals surface area contributed by atoms with Crippen LogP contribution in [0.15, 0.2) is 77.8 Å². The van der Waals surface area contributed by atoms with Gasteiger partial charge in [-0.3, -0.25) is 4.99 Å². The van der Waals surface area contributed by atoms with Gasteiger partial charge in [0.1, 0.15) is 0 Å². The van der Waals surface area contributed by atoms with E-state index in [0.29, 0.717) is 6.54 Å². The number of benzene rings is 3. The molecule has 0 aliphatic carbocycles. The van der Waals surface area contributed by atoms with Crippen LogP contribution in [0.3, 0.4) is 0 Å². The minimum atomic E-state index is 0.683. The molecule has 0 aliphatic heterocycles. The second kappa shape index (κ2) is 8.64. The van der Waals surface area contributed by atoms with Crippen molar-refractivity contribution in [1.29, 1.82) is 0 Å². The first-order chi connectivity index (χ1) is 15.7. The number of thiazole rings is 1. The average molecular weight is 438 g/mol. The van der Waals surface area contributed by atoms with Gasteiger partial charge in [-0.15, -0.1) is 0 Å².